The maximum atomic E-state index is 12.7. The van der Waals surface area contributed by atoms with Crippen molar-refractivity contribution in [3.63, 3.8) is 0 Å². The van der Waals surface area contributed by atoms with Crippen LogP contribution in [0.5, 0.6) is 11.6 Å². The van der Waals surface area contributed by atoms with Gasteiger partial charge in [0.05, 0.1) is 27.2 Å². The number of fused-ring (bicyclic) bond motifs is 1. The molecule has 4 aromatic rings. The molecule has 0 saturated heterocycles. The van der Waals surface area contributed by atoms with Gasteiger partial charge >= 0.3 is 6.18 Å². The predicted molar refractivity (Wildman–Crippen MR) is 117 cm³/mol. The van der Waals surface area contributed by atoms with Crippen LogP contribution in [0.2, 0.25) is 10.0 Å². The Morgan fingerprint density at radius 3 is 2.45 bits per heavy atom. The third kappa shape index (κ3) is 4.57. The topological polar surface area (TPSA) is 81.9 Å². The Kier molecular flexibility index (Phi) is 5.89. The summed E-state index contributed by atoms with van der Waals surface area (Å²) in [5.41, 5.74) is 0.840. The van der Waals surface area contributed by atoms with Crippen molar-refractivity contribution in [3.8, 4) is 11.6 Å². The van der Waals surface area contributed by atoms with Gasteiger partial charge in [-0.1, -0.05) is 23.2 Å². The molecule has 0 spiro atoms. The first-order chi connectivity index (χ1) is 15.5. The van der Waals surface area contributed by atoms with E-state index >= 15 is 0 Å². The van der Waals surface area contributed by atoms with E-state index < -0.39 is 17.6 Å². The van der Waals surface area contributed by atoms with E-state index in [9.17, 15) is 18.0 Å². The second kappa shape index (κ2) is 8.53. The van der Waals surface area contributed by atoms with Crippen LogP contribution < -0.4 is 10.1 Å². The number of nitrogens with one attached hydrogen (secondary N) is 1. The fourth-order valence-electron chi connectivity index (χ4n) is 3.10. The van der Waals surface area contributed by atoms with Crippen LogP contribution in [-0.2, 0) is 13.2 Å². The van der Waals surface area contributed by atoms with Gasteiger partial charge < -0.3 is 10.1 Å². The predicted octanol–water partition coefficient (Wildman–Crippen LogP) is 6.04. The lowest BCUT2D eigenvalue weighted by Crippen LogP contribution is -2.13. The molecule has 0 fully saturated rings. The van der Waals surface area contributed by atoms with E-state index in [-0.39, 0.29) is 27.2 Å². The number of hydrogen-bond donors (Lipinski definition) is 1. The lowest BCUT2D eigenvalue weighted by atomic mass is 10.2. The first-order valence-corrected chi connectivity index (χ1v) is 10.1. The van der Waals surface area contributed by atoms with Crippen molar-refractivity contribution in [2.45, 2.75) is 13.1 Å². The zero-order valence-corrected chi connectivity index (χ0v) is 18.5. The first-order valence-electron chi connectivity index (χ1n) is 9.34. The maximum absolute atomic E-state index is 12.7. The van der Waals surface area contributed by atoms with Crippen LogP contribution in [0.25, 0.3) is 11.0 Å². The number of anilines is 1. The molecule has 0 aliphatic carbocycles. The van der Waals surface area contributed by atoms with Gasteiger partial charge in [0.25, 0.3) is 5.91 Å². The monoisotopic (exact) mass is 495 g/mol. The van der Waals surface area contributed by atoms with Gasteiger partial charge in [-0.05, 0) is 37.3 Å². The minimum Gasteiger partial charge on any atom is -0.438 e. The largest absolute Gasteiger partial charge is 0.438 e. The third-order valence-electron chi connectivity index (χ3n) is 4.67. The number of carbonyl (C=O) groups excluding carboxylic acids is 1. The average molecular weight is 496 g/mol. The number of alkyl halides is 3. The Bertz CT molecular complexity index is 1370. The van der Waals surface area contributed by atoms with Crippen molar-refractivity contribution >= 4 is 45.8 Å². The Hall–Kier alpha value is -3.37. The van der Waals surface area contributed by atoms with E-state index in [2.05, 4.69) is 20.4 Å². The Labute approximate surface area is 195 Å². The van der Waals surface area contributed by atoms with Gasteiger partial charge in [-0.25, -0.2) is 9.97 Å². The quantitative estimate of drug-likeness (QED) is 0.373. The lowest BCUT2D eigenvalue weighted by molar-refractivity contribution is -0.137. The van der Waals surface area contributed by atoms with Crippen LogP contribution in [0, 0.1) is 6.92 Å². The molecule has 170 valence electrons. The summed E-state index contributed by atoms with van der Waals surface area (Å²) in [5, 5.41) is 7.51. The molecule has 0 saturated carbocycles. The van der Waals surface area contributed by atoms with Gasteiger partial charge in [0, 0.05) is 25.1 Å². The number of halogens is 5. The fourth-order valence-corrected chi connectivity index (χ4v) is 3.66. The second-order valence-corrected chi connectivity index (χ2v) is 7.77. The first kappa shape index (κ1) is 22.8. The number of amides is 1. The van der Waals surface area contributed by atoms with Crippen LogP contribution in [0.1, 0.15) is 21.6 Å². The SMILES string of the molecule is Cc1nn(C)c2ncc(C(=O)Nc3ccc(Oc4ncc(C(F)(F)F)cc4Cl)cc3)c(Cl)c12. The molecule has 0 aliphatic heterocycles. The zero-order chi connectivity index (χ0) is 23.9. The van der Waals surface area contributed by atoms with Crippen LogP contribution >= 0.6 is 23.2 Å². The number of benzene rings is 1. The molecule has 4 rings (SSSR count). The number of nitrogens with zero attached hydrogens (tertiary/aromatic N) is 4. The smallest absolute Gasteiger partial charge is 0.417 e. The van der Waals surface area contributed by atoms with E-state index in [1.807, 2.05) is 0 Å². The molecule has 1 N–H and O–H groups in total. The second-order valence-electron chi connectivity index (χ2n) is 6.98. The van der Waals surface area contributed by atoms with Gasteiger partial charge in [-0.3, -0.25) is 9.48 Å². The van der Waals surface area contributed by atoms with Crippen LogP contribution in [0.3, 0.4) is 0 Å². The molecule has 33 heavy (non-hydrogen) atoms. The Balaban J connectivity index is 1.49. The highest BCUT2D eigenvalue weighted by Crippen LogP contribution is 2.35. The summed E-state index contributed by atoms with van der Waals surface area (Å²) < 4.78 is 45.2. The van der Waals surface area contributed by atoms with Crippen LogP contribution in [-0.4, -0.2) is 25.7 Å². The van der Waals surface area contributed by atoms with E-state index in [0.29, 0.717) is 28.6 Å². The molecule has 1 amide bonds. The number of pyridine rings is 2. The highest BCUT2D eigenvalue weighted by molar-refractivity contribution is 6.39. The number of aromatic nitrogens is 4. The summed E-state index contributed by atoms with van der Waals surface area (Å²) in [5.74, 6) is -0.396. The summed E-state index contributed by atoms with van der Waals surface area (Å²) in [4.78, 5) is 20.6. The van der Waals surface area contributed by atoms with Gasteiger partial charge in [-0.2, -0.15) is 18.3 Å². The van der Waals surface area contributed by atoms with Crippen molar-refractivity contribution in [1.29, 1.82) is 0 Å². The molecular weight excluding hydrogens is 482 g/mol. The van der Waals surface area contributed by atoms with Gasteiger partial charge in [-0.15, -0.1) is 0 Å². The molecule has 3 heterocycles. The Morgan fingerprint density at radius 1 is 1.12 bits per heavy atom. The van der Waals surface area contributed by atoms with Crippen molar-refractivity contribution in [2.24, 2.45) is 7.05 Å². The van der Waals surface area contributed by atoms with Crippen LogP contribution in [0.4, 0.5) is 18.9 Å². The molecule has 7 nitrogen and oxygen atoms in total. The number of rotatable bonds is 4. The van der Waals surface area contributed by atoms with Crippen molar-refractivity contribution in [3.05, 3.63) is 69.6 Å². The van der Waals surface area contributed by atoms with Gasteiger partial charge in [0.1, 0.15) is 10.8 Å². The minimum absolute atomic E-state index is 0.181. The number of ether oxygens (including phenoxy) is 1. The summed E-state index contributed by atoms with van der Waals surface area (Å²) >= 11 is 12.3. The molecule has 0 unspecified atom stereocenters. The summed E-state index contributed by atoms with van der Waals surface area (Å²) in [7, 11) is 1.73. The maximum Gasteiger partial charge on any atom is 0.417 e. The molecule has 0 bridgehead atoms. The minimum atomic E-state index is -4.56. The molecule has 0 radical (unpaired) electrons. The number of aryl methyl sites for hydroxylation is 2. The highest BCUT2D eigenvalue weighted by atomic mass is 35.5. The van der Waals surface area contributed by atoms with Gasteiger partial charge in [0.2, 0.25) is 5.88 Å². The molecule has 12 heteroatoms. The van der Waals surface area contributed by atoms with E-state index in [4.69, 9.17) is 27.9 Å². The molecule has 0 aliphatic rings. The Morgan fingerprint density at radius 2 is 1.82 bits per heavy atom. The highest BCUT2D eigenvalue weighted by Gasteiger charge is 2.31. The zero-order valence-electron chi connectivity index (χ0n) is 17.0. The van der Waals surface area contributed by atoms with E-state index in [0.717, 1.165) is 6.07 Å². The van der Waals surface area contributed by atoms with Crippen molar-refractivity contribution in [1.82, 2.24) is 19.7 Å². The van der Waals surface area contributed by atoms with Crippen molar-refractivity contribution in [2.75, 3.05) is 5.32 Å². The molecular formula is C21H14Cl2F3N5O2. The number of carbonyl (C=O) groups is 1. The summed E-state index contributed by atoms with van der Waals surface area (Å²) in [6, 6.07) is 6.82. The number of hydrogen-bond acceptors (Lipinski definition) is 5. The van der Waals surface area contributed by atoms with E-state index in [1.165, 1.54) is 18.3 Å². The summed E-state index contributed by atoms with van der Waals surface area (Å²) in [6.07, 6.45) is -2.56. The molecule has 0 atom stereocenters. The van der Waals surface area contributed by atoms with E-state index in [1.54, 1.807) is 30.8 Å². The lowest BCUT2D eigenvalue weighted by Gasteiger charge is -2.11. The summed E-state index contributed by atoms with van der Waals surface area (Å²) in [6.45, 7) is 1.77. The van der Waals surface area contributed by atoms with Crippen molar-refractivity contribution < 1.29 is 22.7 Å². The molecule has 3 aromatic heterocycles. The normalized spacial score (nSPS) is 11.6. The van der Waals surface area contributed by atoms with Gasteiger partial charge in [0.15, 0.2) is 5.65 Å². The fraction of sp³-hybridized carbons (Fsp3) is 0.143. The van der Waals surface area contributed by atoms with Crippen LogP contribution in [0.15, 0.2) is 42.7 Å². The standard InChI is InChI=1S/C21H14Cl2F3N5O2/c1-10-16-17(23)14(9-27-18(16)31(2)30-10)19(32)29-12-3-5-13(6-4-12)33-20-15(22)7-11(8-28-20)21(24,25)26/h3-9H,1-2H3,(H,29,32). The average Bonchev–Trinajstić information content (AvgIpc) is 3.04. The molecule has 1 aromatic carbocycles. The third-order valence-corrected chi connectivity index (χ3v) is 5.33.